The van der Waals surface area contributed by atoms with E-state index in [1.807, 2.05) is 18.2 Å². The van der Waals surface area contributed by atoms with Crippen molar-refractivity contribution in [3.63, 3.8) is 0 Å². The first-order valence-corrected chi connectivity index (χ1v) is 10.8. The highest BCUT2D eigenvalue weighted by Crippen LogP contribution is 2.40. The number of benzene rings is 2. The number of aryl methyl sites for hydroxylation is 1. The van der Waals surface area contributed by atoms with Gasteiger partial charge in [-0.25, -0.2) is 9.97 Å². The molecule has 1 aliphatic heterocycles. The van der Waals surface area contributed by atoms with Gasteiger partial charge in [-0.2, -0.15) is 5.10 Å². The van der Waals surface area contributed by atoms with Crippen molar-refractivity contribution in [2.24, 2.45) is 11.7 Å². The summed E-state index contributed by atoms with van der Waals surface area (Å²) in [7, 11) is 0. The molecular weight excluding hydrogens is 406 g/mol. The summed E-state index contributed by atoms with van der Waals surface area (Å²) in [5.74, 6) is 2.56. The molecule has 1 aliphatic carbocycles. The fourth-order valence-electron chi connectivity index (χ4n) is 4.51. The zero-order valence-electron chi connectivity index (χ0n) is 17.4. The van der Waals surface area contributed by atoms with Crippen molar-refractivity contribution in [1.29, 1.82) is 0 Å². The lowest BCUT2D eigenvalue weighted by molar-refractivity contribution is -0.118. The van der Waals surface area contributed by atoms with Crippen molar-refractivity contribution in [3.8, 4) is 28.5 Å². The van der Waals surface area contributed by atoms with Crippen molar-refractivity contribution >= 4 is 22.6 Å². The van der Waals surface area contributed by atoms with Crippen LogP contribution in [-0.4, -0.2) is 43.3 Å². The SMILES string of the molecule is NC(=O)C[C@@H]1CC1Nc1cc2c3c(c1)nc(-c1ccc(-c4ncn[nH]4)cc1)n3CCCO2. The molecule has 3 heterocycles. The molecule has 2 aromatic heterocycles. The topological polar surface area (TPSA) is 124 Å². The van der Waals surface area contributed by atoms with Gasteiger partial charge in [0.05, 0.1) is 12.1 Å². The molecule has 1 amide bonds. The monoisotopic (exact) mass is 429 g/mol. The van der Waals surface area contributed by atoms with Crippen LogP contribution in [0, 0.1) is 5.92 Å². The van der Waals surface area contributed by atoms with E-state index in [0.717, 1.165) is 64.6 Å². The van der Waals surface area contributed by atoms with E-state index >= 15 is 0 Å². The zero-order valence-corrected chi connectivity index (χ0v) is 17.4. The summed E-state index contributed by atoms with van der Waals surface area (Å²) in [6.07, 6.45) is 3.79. The van der Waals surface area contributed by atoms with E-state index in [-0.39, 0.29) is 11.9 Å². The molecule has 9 nitrogen and oxygen atoms in total. The molecule has 1 unspecified atom stereocenters. The predicted molar refractivity (Wildman–Crippen MR) is 120 cm³/mol. The van der Waals surface area contributed by atoms with Crippen molar-refractivity contribution in [1.82, 2.24) is 24.7 Å². The smallest absolute Gasteiger partial charge is 0.217 e. The van der Waals surface area contributed by atoms with Gasteiger partial charge in [-0.1, -0.05) is 24.3 Å². The summed E-state index contributed by atoms with van der Waals surface area (Å²) < 4.78 is 8.33. The van der Waals surface area contributed by atoms with Gasteiger partial charge in [-0.3, -0.25) is 9.89 Å². The highest BCUT2D eigenvalue weighted by atomic mass is 16.5. The highest BCUT2D eigenvalue weighted by Gasteiger charge is 2.38. The number of amides is 1. The van der Waals surface area contributed by atoms with Crippen LogP contribution in [0.15, 0.2) is 42.7 Å². The number of rotatable bonds is 6. The first-order valence-electron chi connectivity index (χ1n) is 10.8. The molecule has 32 heavy (non-hydrogen) atoms. The van der Waals surface area contributed by atoms with Crippen LogP contribution in [0.2, 0.25) is 0 Å². The quantitative estimate of drug-likeness (QED) is 0.433. The van der Waals surface area contributed by atoms with E-state index < -0.39 is 0 Å². The van der Waals surface area contributed by atoms with Gasteiger partial charge in [0.1, 0.15) is 23.4 Å². The maximum Gasteiger partial charge on any atom is 0.217 e. The van der Waals surface area contributed by atoms with Crippen LogP contribution in [0.3, 0.4) is 0 Å². The molecule has 162 valence electrons. The van der Waals surface area contributed by atoms with Crippen molar-refractivity contribution < 1.29 is 9.53 Å². The Morgan fingerprint density at radius 1 is 1.25 bits per heavy atom. The van der Waals surface area contributed by atoms with Gasteiger partial charge in [0, 0.05) is 41.9 Å². The number of nitrogens with two attached hydrogens (primary N) is 1. The van der Waals surface area contributed by atoms with Gasteiger partial charge in [-0.05, 0) is 24.8 Å². The van der Waals surface area contributed by atoms with Crippen molar-refractivity contribution in [3.05, 3.63) is 42.7 Å². The number of aromatic amines is 1. The minimum atomic E-state index is -0.248. The standard InChI is InChI=1S/C23H23N7O2/c24-20(31)9-15-8-17(15)27-16-10-18-21-19(11-16)32-7-1-6-30(21)23(28-18)14-4-2-13(3-5-14)22-25-12-26-29-22/h2-5,10-12,15,17,27H,1,6-9H2,(H2,24,31)(H,25,26,29)/t15-,17?/m0/s1. The van der Waals surface area contributed by atoms with Gasteiger partial charge in [0.15, 0.2) is 5.82 Å². The molecule has 2 aliphatic rings. The van der Waals surface area contributed by atoms with Crippen molar-refractivity contribution in [2.75, 3.05) is 11.9 Å². The third kappa shape index (κ3) is 3.35. The Hall–Kier alpha value is -3.88. The van der Waals surface area contributed by atoms with E-state index in [9.17, 15) is 4.79 Å². The average Bonchev–Trinajstić information content (AvgIpc) is 3.18. The molecule has 4 aromatic rings. The Kier molecular flexibility index (Phi) is 4.34. The fraction of sp³-hybridized carbons (Fsp3) is 0.304. The van der Waals surface area contributed by atoms with E-state index in [1.54, 1.807) is 0 Å². The molecule has 4 N–H and O–H groups in total. The lowest BCUT2D eigenvalue weighted by Gasteiger charge is -2.10. The number of ether oxygens (including phenoxy) is 1. The third-order valence-electron chi connectivity index (χ3n) is 6.16. The summed E-state index contributed by atoms with van der Waals surface area (Å²) in [6, 6.07) is 12.5. The number of hydrogen-bond acceptors (Lipinski definition) is 6. The van der Waals surface area contributed by atoms with E-state index in [1.165, 1.54) is 6.33 Å². The molecule has 1 saturated carbocycles. The van der Waals surface area contributed by atoms with Crippen LogP contribution in [-0.2, 0) is 11.3 Å². The normalized spacial score (nSPS) is 19.4. The lowest BCUT2D eigenvalue weighted by Crippen LogP contribution is -2.14. The summed E-state index contributed by atoms with van der Waals surface area (Å²) in [5.41, 5.74) is 10.2. The summed E-state index contributed by atoms with van der Waals surface area (Å²) in [5, 5.41) is 10.3. The number of nitrogens with zero attached hydrogens (tertiary/aromatic N) is 4. The number of primary amides is 1. The second-order valence-corrected chi connectivity index (χ2v) is 8.46. The number of carbonyl (C=O) groups is 1. The average molecular weight is 429 g/mol. The van der Waals surface area contributed by atoms with E-state index in [2.05, 4.69) is 43.3 Å². The minimum Gasteiger partial charge on any atom is -0.491 e. The molecular formula is C23H23N7O2. The molecule has 2 atom stereocenters. The van der Waals surface area contributed by atoms with Crippen LogP contribution in [0.1, 0.15) is 19.3 Å². The maximum atomic E-state index is 11.2. The summed E-state index contributed by atoms with van der Waals surface area (Å²) in [4.78, 5) is 20.4. The minimum absolute atomic E-state index is 0.248. The van der Waals surface area contributed by atoms with E-state index in [4.69, 9.17) is 15.5 Å². The Bertz CT molecular complexity index is 1290. The van der Waals surface area contributed by atoms with Gasteiger partial charge >= 0.3 is 0 Å². The third-order valence-corrected chi connectivity index (χ3v) is 6.16. The maximum absolute atomic E-state index is 11.2. The Morgan fingerprint density at radius 3 is 2.88 bits per heavy atom. The predicted octanol–water partition coefficient (Wildman–Crippen LogP) is 2.95. The number of hydrogen-bond donors (Lipinski definition) is 3. The number of aromatic nitrogens is 5. The zero-order chi connectivity index (χ0) is 21.7. The van der Waals surface area contributed by atoms with Crippen LogP contribution in [0.4, 0.5) is 5.69 Å². The first kappa shape index (κ1) is 18.9. The lowest BCUT2D eigenvalue weighted by atomic mass is 10.1. The molecule has 1 fully saturated rings. The molecule has 0 radical (unpaired) electrons. The largest absolute Gasteiger partial charge is 0.491 e. The Labute approximate surface area is 184 Å². The van der Waals surface area contributed by atoms with Gasteiger partial charge in [0.25, 0.3) is 0 Å². The number of imidazole rings is 1. The van der Waals surface area contributed by atoms with Gasteiger partial charge in [0.2, 0.25) is 5.91 Å². The Balaban J connectivity index is 1.35. The second-order valence-electron chi connectivity index (χ2n) is 8.46. The van der Waals surface area contributed by atoms with Crippen LogP contribution < -0.4 is 15.8 Å². The Morgan fingerprint density at radius 2 is 2.09 bits per heavy atom. The number of nitrogens with one attached hydrogen (secondary N) is 2. The molecule has 0 saturated heterocycles. The molecule has 6 rings (SSSR count). The van der Waals surface area contributed by atoms with Crippen LogP contribution >= 0.6 is 0 Å². The van der Waals surface area contributed by atoms with Gasteiger partial charge in [-0.15, -0.1) is 0 Å². The molecule has 0 bridgehead atoms. The number of carbonyl (C=O) groups excluding carboxylic acids is 1. The van der Waals surface area contributed by atoms with E-state index in [0.29, 0.717) is 18.9 Å². The van der Waals surface area contributed by atoms with Gasteiger partial charge < -0.3 is 20.4 Å². The number of H-pyrrole nitrogens is 1. The fourth-order valence-corrected chi connectivity index (χ4v) is 4.51. The van der Waals surface area contributed by atoms with Crippen LogP contribution in [0.25, 0.3) is 33.8 Å². The molecule has 2 aromatic carbocycles. The molecule has 9 heteroatoms. The molecule has 0 spiro atoms. The first-order chi connectivity index (χ1) is 15.7. The summed E-state index contributed by atoms with van der Waals surface area (Å²) >= 11 is 0. The van der Waals surface area contributed by atoms with Crippen molar-refractivity contribution in [2.45, 2.75) is 31.8 Å². The second kappa shape index (κ2) is 7.37. The number of anilines is 1. The van der Waals surface area contributed by atoms with Crippen LogP contribution in [0.5, 0.6) is 5.75 Å². The highest BCUT2D eigenvalue weighted by molar-refractivity contribution is 5.90. The summed E-state index contributed by atoms with van der Waals surface area (Å²) in [6.45, 7) is 1.51.